The second-order valence-corrected chi connectivity index (χ2v) is 3.25. The molecule has 0 saturated carbocycles. The van der Waals surface area contributed by atoms with E-state index in [-0.39, 0.29) is 0 Å². The molecule has 1 heterocycles. The summed E-state index contributed by atoms with van der Waals surface area (Å²) < 4.78 is 10.2. The third-order valence-corrected chi connectivity index (χ3v) is 1.75. The van der Waals surface area contributed by atoms with Crippen LogP contribution in [0, 0.1) is 0 Å². The van der Waals surface area contributed by atoms with Gasteiger partial charge in [-0.05, 0) is 13.8 Å². The molecule has 0 radical (unpaired) electrons. The molecule has 0 aromatic carbocycles. The SMILES string of the molecule is COC(C)(C)c1nnc(Br)o1. The van der Waals surface area contributed by atoms with Gasteiger partial charge in [0.15, 0.2) is 0 Å². The second-order valence-electron chi connectivity index (χ2n) is 2.57. The smallest absolute Gasteiger partial charge is 0.284 e. The minimum atomic E-state index is -0.515. The molecule has 11 heavy (non-hydrogen) atoms. The summed E-state index contributed by atoms with van der Waals surface area (Å²) in [7, 11) is 1.60. The normalized spacial score (nSPS) is 12.0. The minimum absolute atomic E-state index is 0.373. The van der Waals surface area contributed by atoms with Gasteiger partial charge in [-0.25, -0.2) is 0 Å². The van der Waals surface area contributed by atoms with Gasteiger partial charge in [-0.15, -0.1) is 10.2 Å². The lowest BCUT2D eigenvalue weighted by atomic mass is 10.1. The molecule has 5 heteroatoms. The summed E-state index contributed by atoms with van der Waals surface area (Å²) >= 11 is 3.06. The van der Waals surface area contributed by atoms with E-state index in [1.165, 1.54) is 0 Å². The number of ether oxygens (including phenoxy) is 1. The maximum atomic E-state index is 5.12. The van der Waals surface area contributed by atoms with E-state index in [9.17, 15) is 0 Å². The second kappa shape index (κ2) is 2.91. The number of nitrogens with zero attached hydrogens (tertiary/aromatic N) is 2. The van der Waals surface area contributed by atoms with Crippen molar-refractivity contribution in [3.63, 3.8) is 0 Å². The Morgan fingerprint density at radius 2 is 2.09 bits per heavy atom. The highest BCUT2D eigenvalue weighted by Crippen LogP contribution is 2.23. The van der Waals surface area contributed by atoms with Crippen molar-refractivity contribution in [3.8, 4) is 0 Å². The Hall–Kier alpha value is -0.420. The van der Waals surface area contributed by atoms with Gasteiger partial charge < -0.3 is 9.15 Å². The van der Waals surface area contributed by atoms with Crippen molar-refractivity contribution in [2.75, 3.05) is 7.11 Å². The average Bonchev–Trinajstić information content (AvgIpc) is 2.36. The van der Waals surface area contributed by atoms with E-state index in [4.69, 9.17) is 9.15 Å². The summed E-state index contributed by atoms with van der Waals surface area (Å²) in [5.74, 6) is 0.465. The highest BCUT2D eigenvalue weighted by molar-refractivity contribution is 9.10. The first-order valence-electron chi connectivity index (χ1n) is 3.11. The van der Waals surface area contributed by atoms with Gasteiger partial charge in [0.1, 0.15) is 5.60 Å². The predicted octanol–water partition coefficient (Wildman–Crippen LogP) is 1.71. The van der Waals surface area contributed by atoms with Gasteiger partial charge in [0, 0.05) is 23.0 Å². The van der Waals surface area contributed by atoms with Gasteiger partial charge in [0.05, 0.1) is 0 Å². The van der Waals surface area contributed by atoms with Crippen molar-refractivity contribution in [2.45, 2.75) is 19.4 Å². The van der Waals surface area contributed by atoms with Gasteiger partial charge in [0.25, 0.3) is 4.80 Å². The van der Waals surface area contributed by atoms with Crippen LogP contribution in [-0.4, -0.2) is 17.3 Å². The number of methoxy groups -OCH3 is 1. The third kappa shape index (κ3) is 1.78. The highest BCUT2D eigenvalue weighted by atomic mass is 79.9. The number of hydrogen-bond donors (Lipinski definition) is 0. The third-order valence-electron chi connectivity index (χ3n) is 1.43. The molecule has 0 N–H and O–H groups in total. The summed E-state index contributed by atoms with van der Waals surface area (Å²) in [6.07, 6.45) is 0. The van der Waals surface area contributed by atoms with Crippen molar-refractivity contribution >= 4 is 15.9 Å². The first-order chi connectivity index (χ1) is 5.06. The van der Waals surface area contributed by atoms with Crippen molar-refractivity contribution in [1.82, 2.24) is 10.2 Å². The fourth-order valence-electron chi connectivity index (χ4n) is 0.536. The Balaban J connectivity index is 2.92. The largest absolute Gasteiger partial charge is 0.412 e. The predicted molar refractivity (Wildman–Crippen MR) is 42.0 cm³/mol. The Kier molecular flexibility index (Phi) is 2.29. The number of halogens is 1. The molecule has 0 amide bonds. The van der Waals surface area contributed by atoms with Crippen molar-refractivity contribution in [1.29, 1.82) is 0 Å². The van der Waals surface area contributed by atoms with Crippen molar-refractivity contribution < 1.29 is 9.15 Å². The maximum Gasteiger partial charge on any atom is 0.284 e. The van der Waals surface area contributed by atoms with E-state index < -0.39 is 5.60 Å². The molecule has 0 aliphatic heterocycles. The van der Waals surface area contributed by atoms with Crippen LogP contribution >= 0.6 is 15.9 Å². The van der Waals surface area contributed by atoms with Crippen LogP contribution in [0.25, 0.3) is 0 Å². The van der Waals surface area contributed by atoms with E-state index in [2.05, 4.69) is 26.1 Å². The van der Waals surface area contributed by atoms with Crippen molar-refractivity contribution in [3.05, 3.63) is 10.7 Å². The van der Waals surface area contributed by atoms with Crippen LogP contribution in [0.3, 0.4) is 0 Å². The number of rotatable bonds is 2. The zero-order chi connectivity index (χ0) is 8.48. The zero-order valence-corrected chi connectivity index (χ0v) is 8.17. The number of aromatic nitrogens is 2. The summed E-state index contributed by atoms with van der Waals surface area (Å²) in [4.78, 5) is 0.373. The van der Waals surface area contributed by atoms with Gasteiger partial charge in [-0.2, -0.15) is 0 Å². The Morgan fingerprint density at radius 3 is 2.45 bits per heavy atom. The van der Waals surface area contributed by atoms with Gasteiger partial charge in [-0.3, -0.25) is 0 Å². The van der Waals surface area contributed by atoms with E-state index >= 15 is 0 Å². The summed E-state index contributed by atoms with van der Waals surface area (Å²) in [5, 5.41) is 7.42. The topological polar surface area (TPSA) is 48.2 Å². The molecule has 0 atom stereocenters. The lowest BCUT2D eigenvalue weighted by Crippen LogP contribution is -2.19. The van der Waals surface area contributed by atoms with Crippen LogP contribution in [-0.2, 0) is 10.3 Å². The molecule has 0 bridgehead atoms. The van der Waals surface area contributed by atoms with Crippen LogP contribution in [0.2, 0.25) is 0 Å². The monoisotopic (exact) mass is 220 g/mol. The average molecular weight is 221 g/mol. The Bertz CT molecular complexity index is 246. The van der Waals surface area contributed by atoms with Crippen LogP contribution < -0.4 is 0 Å². The van der Waals surface area contributed by atoms with Crippen LogP contribution in [0.5, 0.6) is 0 Å². The quantitative estimate of drug-likeness (QED) is 0.762. The Morgan fingerprint density at radius 1 is 1.45 bits per heavy atom. The first kappa shape index (κ1) is 8.67. The molecule has 1 rings (SSSR count). The van der Waals surface area contributed by atoms with Gasteiger partial charge in [-0.1, -0.05) is 0 Å². The summed E-state index contributed by atoms with van der Waals surface area (Å²) in [5.41, 5.74) is -0.515. The molecule has 0 saturated heterocycles. The van der Waals surface area contributed by atoms with E-state index in [0.717, 1.165) is 0 Å². The lowest BCUT2D eigenvalue weighted by Gasteiger charge is -2.16. The highest BCUT2D eigenvalue weighted by Gasteiger charge is 2.26. The van der Waals surface area contributed by atoms with E-state index in [1.807, 2.05) is 13.8 Å². The fourth-order valence-corrected chi connectivity index (χ4v) is 0.769. The molecular formula is C6H9BrN2O2. The summed E-state index contributed by atoms with van der Waals surface area (Å²) in [6.45, 7) is 3.71. The minimum Gasteiger partial charge on any atom is -0.412 e. The first-order valence-corrected chi connectivity index (χ1v) is 3.90. The molecule has 0 unspecified atom stereocenters. The summed E-state index contributed by atoms with van der Waals surface area (Å²) in [6, 6.07) is 0. The molecule has 62 valence electrons. The maximum absolute atomic E-state index is 5.12. The van der Waals surface area contributed by atoms with Crippen LogP contribution in [0.4, 0.5) is 0 Å². The number of hydrogen-bond acceptors (Lipinski definition) is 4. The van der Waals surface area contributed by atoms with Crippen LogP contribution in [0.15, 0.2) is 9.22 Å². The van der Waals surface area contributed by atoms with Gasteiger partial charge in [0.2, 0.25) is 5.89 Å². The molecular weight excluding hydrogens is 212 g/mol. The molecule has 1 aromatic rings. The molecule has 0 fully saturated rings. The van der Waals surface area contributed by atoms with Crippen molar-refractivity contribution in [2.24, 2.45) is 0 Å². The Labute approximate surface area is 73.1 Å². The molecule has 0 spiro atoms. The fraction of sp³-hybridized carbons (Fsp3) is 0.667. The van der Waals surface area contributed by atoms with Gasteiger partial charge >= 0.3 is 0 Å². The molecule has 0 aliphatic rings. The lowest BCUT2D eigenvalue weighted by molar-refractivity contribution is -0.00439. The van der Waals surface area contributed by atoms with E-state index in [0.29, 0.717) is 10.7 Å². The zero-order valence-electron chi connectivity index (χ0n) is 6.59. The standard InChI is InChI=1S/C6H9BrN2O2/c1-6(2,10-3)4-8-9-5(7)11-4/h1-3H3. The molecule has 0 aliphatic carbocycles. The van der Waals surface area contributed by atoms with E-state index in [1.54, 1.807) is 7.11 Å². The van der Waals surface area contributed by atoms with Crippen LogP contribution in [0.1, 0.15) is 19.7 Å². The molecule has 1 aromatic heterocycles. The molecule has 4 nitrogen and oxygen atoms in total.